The predicted molar refractivity (Wildman–Crippen MR) is 70.3 cm³/mol. The van der Waals surface area contributed by atoms with Crippen LogP contribution in [0.3, 0.4) is 0 Å². The number of rotatable bonds is 3. The van der Waals surface area contributed by atoms with Crippen LogP contribution in [-0.4, -0.2) is 17.0 Å². The van der Waals surface area contributed by atoms with Crippen LogP contribution < -0.4 is 5.32 Å². The molecular formula is C13H9F2NO3S. The molecule has 0 atom stereocenters. The second-order valence-electron chi connectivity index (χ2n) is 3.98. The van der Waals surface area contributed by atoms with Gasteiger partial charge >= 0.3 is 5.97 Å². The Hall–Kier alpha value is -2.28. The van der Waals surface area contributed by atoms with Gasteiger partial charge in [-0.2, -0.15) is 0 Å². The Morgan fingerprint density at radius 1 is 1.20 bits per heavy atom. The van der Waals surface area contributed by atoms with Crippen LogP contribution in [0.2, 0.25) is 0 Å². The van der Waals surface area contributed by atoms with Crippen molar-refractivity contribution < 1.29 is 23.5 Å². The van der Waals surface area contributed by atoms with Crippen LogP contribution >= 0.6 is 11.3 Å². The number of amides is 1. The first-order valence-electron chi connectivity index (χ1n) is 5.48. The number of hydrogen-bond donors (Lipinski definition) is 2. The fourth-order valence-electron chi connectivity index (χ4n) is 1.61. The van der Waals surface area contributed by atoms with Gasteiger partial charge in [0.25, 0.3) is 5.91 Å². The molecular weight excluding hydrogens is 288 g/mol. The molecule has 20 heavy (non-hydrogen) atoms. The maximum atomic E-state index is 13.5. The number of aryl methyl sites for hydroxylation is 1. The fraction of sp³-hybridized carbons (Fsp3) is 0.0769. The molecule has 1 heterocycles. The molecule has 0 saturated heterocycles. The summed E-state index contributed by atoms with van der Waals surface area (Å²) in [4.78, 5) is 23.6. The van der Waals surface area contributed by atoms with E-state index in [0.29, 0.717) is 10.9 Å². The number of carbonyl (C=O) groups is 2. The molecule has 4 nitrogen and oxygen atoms in total. The molecule has 2 rings (SSSR count). The zero-order valence-electron chi connectivity index (χ0n) is 10.2. The van der Waals surface area contributed by atoms with Gasteiger partial charge in [-0.05, 0) is 25.1 Å². The largest absolute Gasteiger partial charge is 0.478 e. The van der Waals surface area contributed by atoms with Crippen molar-refractivity contribution in [2.45, 2.75) is 6.92 Å². The minimum atomic E-state index is -1.19. The van der Waals surface area contributed by atoms with Gasteiger partial charge in [-0.15, -0.1) is 11.3 Å². The van der Waals surface area contributed by atoms with Crippen LogP contribution in [0.5, 0.6) is 0 Å². The Kier molecular flexibility index (Phi) is 3.80. The van der Waals surface area contributed by atoms with Crippen LogP contribution in [0.25, 0.3) is 0 Å². The first-order chi connectivity index (χ1) is 9.38. The lowest BCUT2D eigenvalue weighted by Crippen LogP contribution is -2.15. The summed E-state index contributed by atoms with van der Waals surface area (Å²) >= 11 is 1.07. The molecule has 104 valence electrons. The van der Waals surface area contributed by atoms with E-state index in [-0.39, 0.29) is 16.1 Å². The van der Waals surface area contributed by atoms with Crippen molar-refractivity contribution in [3.63, 3.8) is 0 Å². The van der Waals surface area contributed by atoms with Crippen LogP contribution in [0.1, 0.15) is 25.6 Å². The maximum absolute atomic E-state index is 13.5. The molecule has 2 N–H and O–H groups in total. The topological polar surface area (TPSA) is 66.4 Å². The summed E-state index contributed by atoms with van der Waals surface area (Å²) in [5.41, 5.74) is -0.419. The summed E-state index contributed by atoms with van der Waals surface area (Å²) in [7, 11) is 0. The molecule has 1 amide bonds. The van der Waals surface area contributed by atoms with Crippen LogP contribution in [0.4, 0.5) is 13.8 Å². The minimum Gasteiger partial charge on any atom is -0.478 e. The van der Waals surface area contributed by atoms with Crippen molar-refractivity contribution in [2.75, 3.05) is 5.32 Å². The summed E-state index contributed by atoms with van der Waals surface area (Å²) in [6.45, 7) is 1.69. The third-order valence-electron chi connectivity index (χ3n) is 2.49. The van der Waals surface area contributed by atoms with Crippen molar-refractivity contribution in [1.82, 2.24) is 0 Å². The van der Waals surface area contributed by atoms with Crippen molar-refractivity contribution in [3.05, 3.63) is 51.9 Å². The number of thiophene rings is 1. The van der Waals surface area contributed by atoms with Crippen molar-refractivity contribution in [1.29, 1.82) is 0 Å². The smallest absolute Gasteiger partial charge is 0.338 e. The van der Waals surface area contributed by atoms with Crippen LogP contribution in [0, 0.1) is 18.6 Å². The molecule has 0 radical (unpaired) electrons. The monoisotopic (exact) mass is 297 g/mol. The SMILES string of the molecule is Cc1cc(C(=O)O)c(NC(=O)c2ccc(F)cc2F)s1. The van der Waals surface area contributed by atoms with E-state index in [0.717, 1.165) is 23.5 Å². The Balaban J connectivity index is 2.30. The summed E-state index contributed by atoms with van der Waals surface area (Å²) in [6.07, 6.45) is 0. The zero-order valence-corrected chi connectivity index (χ0v) is 11.1. The standard InChI is InChI=1S/C13H9F2NO3S/c1-6-4-9(13(18)19)12(20-6)16-11(17)8-3-2-7(14)5-10(8)15/h2-5H,1H3,(H,16,17)(H,18,19). The molecule has 1 aromatic carbocycles. The molecule has 2 aromatic rings. The molecule has 0 saturated carbocycles. The van der Waals surface area contributed by atoms with Crippen molar-refractivity contribution >= 4 is 28.2 Å². The lowest BCUT2D eigenvalue weighted by molar-refractivity contribution is 0.0698. The van der Waals surface area contributed by atoms with E-state index < -0.39 is 23.5 Å². The molecule has 0 unspecified atom stereocenters. The van der Waals surface area contributed by atoms with Gasteiger partial charge in [0, 0.05) is 10.9 Å². The third kappa shape index (κ3) is 2.83. The van der Waals surface area contributed by atoms with Gasteiger partial charge in [0.05, 0.1) is 11.1 Å². The number of carbonyl (C=O) groups excluding carboxylic acids is 1. The summed E-state index contributed by atoms with van der Waals surface area (Å²) in [5, 5.41) is 11.4. The number of carboxylic acid groups (broad SMARTS) is 1. The molecule has 0 bridgehead atoms. The number of hydrogen-bond acceptors (Lipinski definition) is 3. The Bertz CT molecular complexity index is 697. The van der Waals surface area contributed by atoms with E-state index in [1.54, 1.807) is 6.92 Å². The van der Waals surface area contributed by atoms with Gasteiger partial charge in [0.15, 0.2) is 0 Å². The predicted octanol–water partition coefficient (Wildman–Crippen LogP) is 3.29. The zero-order chi connectivity index (χ0) is 14.9. The average Bonchev–Trinajstić information content (AvgIpc) is 2.70. The Morgan fingerprint density at radius 2 is 1.90 bits per heavy atom. The van der Waals surface area contributed by atoms with E-state index in [9.17, 15) is 18.4 Å². The van der Waals surface area contributed by atoms with Crippen LogP contribution in [0.15, 0.2) is 24.3 Å². The number of anilines is 1. The minimum absolute atomic E-state index is 0.0663. The van der Waals surface area contributed by atoms with Crippen LogP contribution in [-0.2, 0) is 0 Å². The molecule has 0 aliphatic rings. The lowest BCUT2D eigenvalue weighted by Gasteiger charge is -2.05. The molecule has 0 fully saturated rings. The molecule has 0 aliphatic carbocycles. The number of carboxylic acids is 1. The van der Waals surface area contributed by atoms with Gasteiger partial charge in [0.1, 0.15) is 16.6 Å². The van der Waals surface area contributed by atoms with E-state index >= 15 is 0 Å². The lowest BCUT2D eigenvalue weighted by atomic mass is 10.2. The van der Waals surface area contributed by atoms with E-state index in [1.807, 2.05) is 0 Å². The van der Waals surface area contributed by atoms with Gasteiger partial charge in [-0.1, -0.05) is 0 Å². The highest BCUT2D eigenvalue weighted by Gasteiger charge is 2.18. The first kappa shape index (κ1) is 14.1. The molecule has 0 aliphatic heterocycles. The second-order valence-corrected chi connectivity index (χ2v) is 5.24. The molecule has 7 heteroatoms. The highest BCUT2D eigenvalue weighted by atomic mass is 32.1. The van der Waals surface area contributed by atoms with Gasteiger partial charge in [-0.25, -0.2) is 13.6 Å². The quantitative estimate of drug-likeness (QED) is 0.913. The highest BCUT2D eigenvalue weighted by Crippen LogP contribution is 2.28. The molecule has 0 spiro atoms. The summed E-state index contributed by atoms with van der Waals surface area (Å²) in [6, 6.07) is 3.95. The number of aromatic carboxylic acids is 1. The Labute approximate surface area is 116 Å². The third-order valence-corrected chi connectivity index (χ3v) is 3.45. The van der Waals surface area contributed by atoms with E-state index in [1.165, 1.54) is 6.07 Å². The highest BCUT2D eigenvalue weighted by molar-refractivity contribution is 7.16. The summed E-state index contributed by atoms with van der Waals surface area (Å²) in [5.74, 6) is -3.82. The van der Waals surface area contributed by atoms with Gasteiger partial charge in [0.2, 0.25) is 0 Å². The first-order valence-corrected chi connectivity index (χ1v) is 6.30. The summed E-state index contributed by atoms with van der Waals surface area (Å²) < 4.78 is 26.2. The number of benzene rings is 1. The fourth-order valence-corrected chi connectivity index (χ4v) is 2.51. The Morgan fingerprint density at radius 3 is 2.50 bits per heavy atom. The second kappa shape index (κ2) is 5.38. The number of nitrogens with one attached hydrogen (secondary N) is 1. The number of halogens is 2. The van der Waals surface area contributed by atoms with Crippen molar-refractivity contribution in [2.24, 2.45) is 0 Å². The van der Waals surface area contributed by atoms with Gasteiger partial charge < -0.3 is 10.4 Å². The maximum Gasteiger partial charge on any atom is 0.338 e. The van der Waals surface area contributed by atoms with E-state index in [4.69, 9.17) is 5.11 Å². The molecule has 1 aromatic heterocycles. The van der Waals surface area contributed by atoms with E-state index in [2.05, 4.69) is 5.32 Å². The normalized spacial score (nSPS) is 10.3. The van der Waals surface area contributed by atoms with Crippen molar-refractivity contribution in [3.8, 4) is 0 Å². The average molecular weight is 297 g/mol. The van der Waals surface area contributed by atoms with Gasteiger partial charge in [-0.3, -0.25) is 4.79 Å².